The molecule has 0 bridgehead atoms. The Bertz CT molecular complexity index is 982. The van der Waals surface area contributed by atoms with Crippen molar-refractivity contribution in [2.24, 2.45) is 0 Å². The molecule has 1 aliphatic rings. The van der Waals surface area contributed by atoms with Gasteiger partial charge in [-0.3, -0.25) is 9.78 Å². The molecule has 2 aromatic heterocycles. The van der Waals surface area contributed by atoms with E-state index < -0.39 is 0 Å². The van der Waals surface area contributed by atoms with Crippen LogP contribution < -0.4 is 4.74 Å². The number of rotatable bonds is 7. The van der Waals surface area contributed by atoms with E-state index in [1.54, 1.807) is 6.20 Å². The van der Waals surface area contributed by atoms with Gasteiger partial charge in [-0.25, -0.2) is 0 Å². The lowest BCUT2D eigenvalue weighted by Crippen LogP contribution is -2.41. The van der Waals surface area contributed by atoms with Crippen LogP contribution in [0.1, 0.15) is 12.7 Å². The average Bonchev–Trinajstić information content (AvgIpc) is 3.18. The van der Waals surface area contributed by atoms with Crippen LogP contribution in [0.5, 0.6) is 5.75 Å². The average molecular weight is 414 g/mol. The number of thioether (sulfide) groups is 1. The molecule has 3 aromatic rings. The minimum atomic E-state index is 0.101. The molecule has 152 valence electrons. The molecule has 1 aromatic carbocycles. The first-order valence-corrected chi connectivity index (χ1v) is 10.6. The van der Waals surface area contributed by atoms with Gasteiger partial charge in [0.25, 0.3) is 0 Å². The van der Waals surface area contributed by atoms with Crippen molar-refractivity contribution in [1.29, 1.82) is 0 Å². The summed E-state index contributed by atoms with van der Waals surface area (Å²) in [6.07, 6.45) is 1.75. The van der Waals surface area contributed by atoms with Gasteiger partial charge in [0.2, 0.25) is 5.91 Å². The fourth-order valence-electron chi connectivity index (χ4n) is 3.22. The Hall–Kier alpha value is -2.65. The van der Waals surface area contributed by atoms with Gasteiger partial charge in [0.1, 0.15) is 17.9 Å². The summed E-state index contributed by atoms with van der Waals surface area (Å²) in [4.78, 5) is 18.6. The standard InChI is InChI=1S/C20H23N5O3S/c1-2-25-17(13-28-16-7-3-5-15-6-4-8-21-19(15)16)22-23-20(25)29-14-18(26)24-9-11-27-12-10-24/h3-8H,2,9-14H2,1H3. The number of aromatic nitrogens is 4. The van der Waals surface area contributed by atoms with Crippen molar-refractivity contribution in [3.8, 4) is 5.75 Å². The van der Waals surface area contributed by atoms with Crippen molar-refractivity contribution in [3.63, 3.8) is 0 Å². The van der Waals surface area contributed by atoms with Crippen molar-refractivity contribution in [2.45, 2.75) is 25.2 Å². The summed E-state index contributed by atoms with van der Waals surface area (Å²) in [7, 11) is 0. The van der Waals surface area contributed by atoms with Crippen LogP contribution in [0.15, 0.2) is 41.7 Å². The number of carbonyl (C=O) groups excluding carboxylic acids is 1. The summed E-state index contributed by atoms with van der Waals surface area (Å²) in [6, 6.07) is 9.76. The number of amides is 1. The molecule has 0 radical (unpaired) electrons. The molecule has 1 saturated heterocycles. The van der Waals surface area contributed by atoms with Gasteiger partial charge < -0.3 is 18.9 Å². The summed E-state index contributed by atoms with van der Waals surface area (Å²) in [5, 5.41) is 10.3. The molecule has 0 saturated carbocycles. The van der Waals surface area contributed by atoms with E-state index in [0.29, 0.717) is 44.4 Å². The lowest BCUT2D eigenvalue weighted by atomic mass is 10.2. The molecule has 0 aliphatic carbocycles. The highest BCUT2D eigenvalue weighted by molar-refractivity contribution is 7.99. The Morgan fingerprint density at radius 2 is 2.03 bits per heavy atom. The van der Waals surface area contributed by atoms with Gasteiger partial charge >= 0.3 is 0 Å². The fourth-order valence-corrected chi connectivity index (χ4v) is 4.14. The third-order valence-electron chi connectivity index (χ3n) is 4.75. The summed E-state index contributed by atoms with van der Waals surface area (Å²) in [5.74, 6) is 1.88. The van der Waals surface area contributed by atoms with Crippen LogP contribution in [0, 0.1) is 0 Å². The summed E-state index contributed by atoms with van der Waals surface area (Å²) in [5.41, 5.74) is 0.822. The number of carbonyl (C=O) groups is 1. The highest BCUT2D eigenvalue weighted by Gasteiger charge is 2.19. The van der Waals surface area contributed by atoms with Gasteiger partial charge in [-0.05, 0) is 19.1 Å². The van der Waals surface area contributed by atoms with Crippen molar-refractivity contribution in [3.05, 3.63) is 42.4 Å². The normalized spacial score (nSPS) is 14.3. The largest absolute Gasteiger partial charge is 0.483 e. The van der Waals surface area contributed by atoms with E-state index >= 15 is 0 Å². The topological polar surface area (TPSA) is 82.4 Å². The number of pyridine rings is 1. The lowest BCUT2D eigenvalue weighted by molar-refractivity contribution is -0.132. The van der Waals surface area contributed by atoms with Crippen molar-refractivity contribution < 1.29 is 14.3 Å². The zero-order chi connectivity index (χ0) is 20.1. The third-order valence-corrected chi connectivity index (χ3v) is 5.70. The predicted molar refractivity (Wildman–Crippen MR) is 110 cm³/mol. The molecular formula is C20H23N5O3S. The van der Waals surface area contributed by atoms with Gasteiger partial charge in [-0.15, -0.1) is 10.2 Å². The second-order valence-electron chi connectivity index (χ2n) is 6.54. The van der Waals surface area contributed by atoms with E-state index in [-0.39, 0.29) is 12.5 Å². The Balaban J connectivity index is 1.41. The number of benzene rings is 1. The van der Waals surface area contributed by atoms with Gasteiger partial charge in [-0.2, -0.15) is 0 Å². The highest BCUT2D eigenvalue weighted by Crippen LogP contribution is 2.24. The van der Waals surface area contributed by atoms with Gasteiger partial charge in [-0.1, -0.05) is 30.0 Å². The molecule has 1 amide bonds. The third kappa shape index (κ3) is 4.51. The second-order valence-corrected chi connectivity index (χ2v) is 7.49. The maximum atomic E-state index is 12.4. The van der Waals surface area contributed by atoms with Gasteiger partial charge in [0, 0.05) is 31.2 Å². The van der Waals surface area contributed by atoms with E-state index in [4.69, 9.17) is 9.47 Å². The molecule has 0 N–H and O–H groups in total. The molecule has 1 fully saturated rings. The minimum absolute atomic E-state index is 0.101. The van der Waals surface area contributed by atoms with Crippen LogP contribution in [0.25, 0.3) is 10.9 Å². The van der Waals surface area contributed by atoms with E-state index in [0.717, 1.165) is 21.9 Å². The molecule has 3 heterocycles. The Morgan fingerprint density at radius 3 is 2.86 bits per heavy atom. The minimum Gasteiger partial charge on any atom is -0.483 e. The van der Waals surface area contributed by atoms with Crippen LogP contribution in [-0.2, 0) is 22.7 Å². The maximum absolute atomic E-state index is 12.4. The second kappa shape index (κ2) is 9.23. The van der Waals surface area contributed by atoms with Crippen LogP contribution in [0.2, 0.25) is 0 Å². The number of hydrogen-bond acceptors (Lipinski definition) is 7. The predicted octanol–water partition coefficient (Wildman–Crippen LogP) is 2.38. The smallest absolute Gasteiger partial charge is 0.233 e. The maximum Gasteiger partial charge on any atom is 0.233 e. The number of para-hydroxylation sites is 1. The van der Waals surface area contributed by atoms with Crippen LogP contribution in [0.4, 0.5) is 0 Å². The number of ether oxygens (including phenoxy) is 2. The number of fused-ring (bicyclic) bond motifs is 1. The molecule has 9 heteroatoms. The Morgan fingerprint density at radius 1 is 1.21 bits per heavy atom. The molecule has 0 unspecified atom stereocenters. The number of nitrogens with zero attached hydrogens (tertiary/aromatic N) is 5. The van der Waals surface area contributed by atoms with E-state index in [2.05, 4.69) is 15.2 Å². The quantitative estimate of drug-likeness (QED) is 0.550. The number of morpholine rings is 1. The highest BCUT2D eigenvalue weighted by atomic mass is 32.2. The SMILES string of the molecule is CCn1c(COc2cccc3cccnc23)nnc1SCC(=O)N1CCOCC1. The molecule has 0 atom stereocenters. The zero-order valence-electron chi connectivity index (χ0n) is 16.3. The van der Waals surface area contributed by atoms with Crippen LogP contribution in [-0.4, -0.2) is 62.6 Å². The van der Waals surface area contributed by atoms with Gasteiger partial charge in [0.05, 0.1) is 19.0 Å². The molecule has 8 nitrogen and oxygen atoms in total. The number of hydrogen-bond donors (Lipinski definition) is 0. The lowest BCUT2D eigenvalue weighted by Gasteiger charge is -2.26. The summed E-state index contributed by atoms with van der Waals surface area (Å²) < 4.78 is 13.3. The van der Waals surface area contributed by atoms with Crippen molar-refractivity contribution in [2.75, 3.05) is 32.1 Å². The molecule has 0 spiro atoms. The Labute approximate surface area is 173 Å². The first kappa shape index (κ1) is 19.7. The summed E-state index contributed by atoms with van der Waals surface area (Å²) >= 11 is 1.41. The van der Waals surface area contributed by atoms with Crippen molar-refractivity contribution >= 4 is 28.6 Å². The summed E-state index contributed by atoms with van der Waals surface area (Å²) in [6.45, 7) is 5.52. The zero-order valence-corrected chi connectivity index (χ0v) is 17.1. The molecule has 1 aliphatic heterocycles. The van der Waals surface area contributed by atoms with E-state index in [9.17, 15) is 4.79 Å². The van der Waals surface area contributed by atoms with E-state index in [1.165, 1.54) is 11.8 Å². The molecule has 4 rings (SSSR count). The van der Waals surface area contributed by atoms with Gasteiger partial charge in [0.15, 0.2) is 11.0 Å². The van der Waals surface area contributed by atoms with Crippen molar-refractivity contribution in [1.82, 2.24) is 24.6 Å². The Kier molecular flexibility index (Phi) is 6.26. The fraction of sp³-hybridized carbons (Fsp3) is 0.400. The van der Waals surface area contributed by atoms with Crippen LogP contribution in [0.3, 0.4) is 0 Å². The molecular weight excluding hydrogens is 390 g/mol. The molecule has 29 heavy (non-hydrogen) atoms. The first-order chi connectivity index (χ1) is 14.3. The van der Waals surface area contributed by atoms with E-state index in [1.807, 2.05) is 46.7 Å². The van der Waals surface area contributed by atoms with Crippen LogP contribution >= 0.6 is 11.8 Å². The first-order valence-electron chi connectivity index (χ1n) is 9.63. The monoisotopic (exact) mass is 413 g/mol.